The lowest BCUT2D eigenvalue weighted by Crippen LogP contribution is -2.15. The van der Waals surface area contributed by atoms with Crippen LogP contribution in [-0.2, 0) is 18.9 Å². The van der Waals surface area contributed by atoms with E-state index in [0.29, 0.717) is 11.0 Å². The van der Waals surface area contributed by atoms with E-state index in [1.165, 1.54) is 24.6 Å². The van der Waals surface area contributed by atoms with Crippen LogP contribution in [0.4, 0.5) is 0 Å². The van der Waals surface area contributed by atoms with Crippen molar-refractivity contribution < 1.29 is 21.3 Å². The van der Waals surface area contributed by atoms with Gasteiger partial charge in [-0.2, -0.15) is 0 Å². The van der Waals surface area contributed by atoms with Crippen LogP contribution in [-0.4, -0.2) is 33.3 Å². The van der Waals surface area contributed by atoms with Gasteiger partial charge in [0.15, 0.2) is 14.9 Å². The van der Waals surface area contributed by atoms with Gasteiger partial charge < -0.3 is 4.42 Å². The Morgan fingerprint density at radius 3 is 2.56 bits per heavy atom. The summed E-state index contributed by atoms with van der Waals surface area (Å²) >= 11 is 0. The second-order valence-corrected chi connectivity index (χ2v) is 8.43. The number of furan rings is 1. The smallest absolute Gasteiger partial charge is 0.233 e. The van der Waals surface area contributed by atoms with Crippen molar-refractivity contribution in [2.24, 2.45) is 0 Å². The quantitative estimate of drug-likeness (QED) is 0.787. The fraction of sp³-hybridized carbons (Fsp3) is 0.222. The highest BCUT2D eigenvalue weighted by Gasteiger charge is 2.22. The van der Waals surface area contributed by atoms with E-state index in [-0.39, 0.29) is 5.03 Å². The standard InChI is InChI=1S/C9H8ClNO5S2/c10-18(14,15)6-5-17(12,13)9-7-2-4-16-8(7)1-3-11-9/h1-4H,5-6H2. The van der Waals surface area contributed by atoms with Gasteiger partial charge in [0.1, 0.15) is 5.58 Å². The molecule has 2 rings (SSSR count). The number of halogens is 1. The lowest BCUT2D eigenvalue weighted by Gasteiger charge is -2.02. The van der Waals surface area contributed by atoms with E-state index in [4.69, 9.17) is 15.1 Å². The number of nitrogens with zero attached hydrogens (tertiary/aromatic N) is 1. The molecule has 2 aromatic heterocycles. The molecule has 0 N–H and O–H groups in total. The van der Waals surface area contributed by atoms with Crippen LogP contribution in [0.2, 0.25) is 0 Å². The number of rotatable bonds is 4. The third kappa shape index (κ3) is 2.82. The molecule has 9 heteroatoms. The maximum absolute atomic E-state index is 12.0. The van der Waals surface area contributed by atoms with E-state index in [0.717, 1.165) is 0 Å². The highest BCUT2D eigenvalue weighted by atomic mass is 35.7. The number of sulfone groups is 1. The first kappa shape index (κ1) is 13.3. The van der Waals surface area contributed by atoms with Gasteiger partial charge in [0.25, 0.3) is 0 Å². The van der Waals surface area contributed by atoms with Crippen LogP contribution in [0.25, 0.3) is 11.0 Å². The zero-order chi connectivity index (χ0) is 13.4. The summed E-state index contributed by atoms with van der Waals surface area (Å²) in [5.41, 5.74) is 0.373. The highest BCUT2D eigenvalue weighted by Crippen LogP contribution is 2.22. The van der Waals surface area contributed by atoms with Crippen molar-refractivity contribution in [1.82, 2.24) is 4.98 Å². The summed E-state index contributed by atoms with van der Waals surface area (Å²) in [5.74, 6) is -1.27. The fourth-order valence-corrected chi connectivity index (χ4v) is 4.58. The van der Waals surface area contributed by atoms with Crippen molar-refractivity contribution in [3.8, 4) is 0 Å². The van der Waals surface area contributed by atoms with Crippen molar-refractivity contribution in [1.29, 1.82) is 0 Å². The first-order chi connectivity index (χ1) is 8.30. The van der Waals surface area contributed by atoms with Crippen LogP contribution in [0, 0.1) is 0 Å². The molecular formula is C9H8ClNO5S2. The van der Waals surface area contributed by atoms with Crippen LogP contribution in [0.1, 0.15) is 0 Å². The van der Waals surface area contributed by atoms with Gasteiger partial charge in [-0.3, -0.25) is 0 Å². The highest BCUT2D eigenvalue weighted by molar-refractivity contribution is 8.14. The Hall–Kier alpha value is -1.12. The SMILES string of the molecule is O=S(=O)(Cl)CCS(=O)(=O)c1nccc2occc12. The Morgan fingerprint density at radius 1 is 1.17 bits per heavy atom. The molecule has 0 aromatic carbocycles. The first-order valence-electron chi connectivity index (χ1n) is 4.77. The third-order valence-electron chi connectivity index (χ3n) is 2.23. The second-order valence-electron chi connectivity index (χ2n) is 3.51. The molecule has 0 aliphatic rings. The van der Waals surface area contributed by atoms with Crippen molar-refractivity contribution in [2.75, 3.05) is 11.5 Å². The molecule has 0 aliphatic heterocycles. The number of hydrogen-bond acceptors (Lipinski definition) is 6. The summed E-state index contributed by atoms with van der Waals surface area (Å²) in [6.45, 7) is 0. The molecule has 0 fully saturated rings. The molecule has 0 atom stereocenters. The molecule has 2 aromatic rings. The van der Waals surface area contributed by atoms with Crippen molar-refractivity contribution in [2.45, 2.75) is 5.03 Å². The number of fused-ring (bicyclic) bond motifs is 1. The minimum Gasteiger partial charge on any atom is -0.464 e. The Bertz CT molecular complexity index is 778. The summed E-state index contributed by atoms with van der Waals surface area (Å²) in [6, 6.07) is 2.98. The summed E-state index contributed by atoms with van der Waals surface area (Å²) in [5, 5.41) is 0.124. The number of pyridine rings is 1. The van der Waals surface area contributed by atoms with E-state index < -0.39 is 30.4 Å². The maximum atomic E-state index is 12.0. The Labute approximate surface area is 108 Å². The topological polar surface area (TPSA) is 94.3 Å². The van der Waals surface area contributed by atoms with Crippen molar-refractivity contribution in [3.05, 3.63) is 24.6 Å². The minimum absolute atomic E-state index is 0.200. The predicted molar refractivity (Wildman–Crippen MR) is 65.7 cm³/mol. The zero-order valence-electron chi connectivity index (χ0n) is 8.91. The molecule has 2 heterocycles. The molecule has 0 radical (unpaired) electrons. The van der Waals surface area contributed by atoms with E-state index >= 15 is 0 Å². The van der Waals surface area contributed by atoms with Gasteiger partial charge in [-0.25, -0.2) is 21.8 Å². The van der Waals surface area contributed by atoms with Gasteiger partial charge in [-0.15, -0.1) is 0 Å². The molecule has 0 bridgehead atoms. The van der Waals surface area contributed by atoms with Gasteiger partial charge in [0.2, 0.25) is 9.05 Å². The van der Waals surface area contributed by atoms with Gasteiger partial charge in [0.05, 0.1) is 23.2 Å². The van der Waals surface area contributed by atoms with E-state index in [9.17, 15) is 16.8 Å². The molecule has 0 amide bonds. The largest absolute Gasteiger partial charge is 0.464 e. The van der Waals surface area contributed by atoms with Gasteiger partial charge >= 0.3 is 0 Å². The second kappa shape index (κ2) is 4.52. The molecule has 98 valence electrons. The molecular weight excluding hydrogens is 302 g/mol. The Balaban J connectivity index is 2.44. The summed E-state index contributed by atoms with van der Waals surface area (Å²) in [4.78, 5) is 3.77. The van der Waals surface area contributed by atoms with Crippen LogP contribution < -0.4 is 0 Å². The van der Waals surface area contributed by atoms with Crippen LogP contribution in [0.15, 0.2) is 34.0 Å². The molecule has 0 saturated carbocycles. The number of aromatic nitrogens is 1. The molecule has 0 saturated heterocycles. The fourth-order valence-electron chi connectivity index (χ4n) is 1.42. The molecule has 6 nitrogen and oxygen atoms in total. The molecule has 18 heavy (non-hydrogen) atoms. The lowest BCUT2D eigenvalue weighted by molar-refractivity contribution is 0.590. The zero-order valence-corrected chi connectivity index (χ0v) is 11.3. The van der Waals surface area contributed by atoms with E-state index in [1.807, 2.05) is 0 Å². The maximum Gasteiger partial charge on any atom is 0.233 e. The predicted octanol–water partition coefficient (Wildman–Crippen LogP) is 1.17. The Kier molecular flexibility index (Phi) is 3.35. The summed E-state index contributed by atoms with van der Waals surface area (Å²) < 4.78 is 50.5. The van der Waals surface area contributed by atoms with Crippen LogP contribution >= 0.6 is 10.7 Å². The van der Waals surface area contributed by atoms with Gasteiger partial charge in [0, 0.05) is 16.9 Å². The average molecular weight is 310 g/mol. The third-order valence-corrected chi connectivity index (χ3v) is 5.30. The van der Waals surface area contributed by atoms with Gasteiger partial charge in [-0.1, -0.05) is 0 Å². The minimum atomic E-state index is -3.86. The van der Waals surface area contributed by atoms with E-state index in [2.05, 4.69) is 4.98 Å². The molecule has 0 unspecified atom stereocenters. The normalized spacial score (nSPS) is 12.9. The van der Waals surface area contributed by atoms with E-state index in [1.54, 1.807) is 0 Å². The van der Waals surface area contributed by atoms with Crippen molar-refractivity contribution in [3.63, 3.8) is 0 Å². The average Bonchev–Trinajstić information content (AvgIpc) is 2.73. The van der Waals surface area contributed by atoms with Gasteiger partial charge in [-0.05, 0) is 12.1 Å². The lowest BCUT2D eigenvalue weighted by atomic mass is 10.3. The summed E-state index contributed by atoms with van der Waals surface area (Å²) in [6.07, 6.45) is 2.62. The Morgan fingerprint density at radius 2 is 1.89 bits per heavy atom. The molecule has 0 spiro atoms. The monoisotopic (exact) mass is 309 g/mol. The number of hydrogen-bond donors (Lipinski definition) is 0. The van der Waals surface area contributed by atoms with Crippen LogP contribution in [0.3, 0.4) is 0 Å². The van der Waals surface area contributed by atoms with Crippen molar-refractivity contribution >= 4 is 40.5 Å². The van der Waals surface area contributed by atoms with Crippen LogP contribution in [0.5, 0.6) is 0 Å². The first-order valence-corrected chi connectivity index (χ1v) is 8.90. The summed E-state index contributed by atoms with van der Waals surface area (Å²) in [7, 11) is -2.70. The molecule has 0 aliphatic carbocycles.